The molecule has 1 aliphatic heterocycles. The Morgan fingerprint density at radius 1 is 1.43 bits per heavy atom. The Kier molecular flexibility index (Phi) is 3.42. The molecule has 0 radical (unpaired) electrons. The lowest BCUT2D eigenvalue weighted by Gasteiger charge is -2.26. The van der Waals surface area contributed by atoms with Gasteiger partial charge in [-0.15, -0.1) is 0 Å². The molecule has 82 valence electrons. The molecule has 0 aromatic heterocycles. The van der Waals surface area contributed by atoms with E-state index in [-0.39, 0.29) is 6.10 Å². The fraction of sp³-hybridized carbons (Fsp3) is 1.00. The molecule has 1 atom stereocenters. The molecule has 3 heteroatoms. The molecule has 1 saturated heterocycles. The molecule has 1 heterocycles. The van der Waals surface area contributed by atoms with Gasteiger partial charge in [-0.05, 0) is 12.8 Å². The molecule has 1 aliphatic carbocycles. The quantitative estimate of drug-likeness (QED) is 0.724. The van der Waals surface area contributed by atoms with Crippen molar-refractivity contribution >= 4 is 0 Å². The predicted octanol–water partition coefficient (Wildman–Crippen LogP) is 1.18. The Morgan fingerprint density at radius 3 is 2.93 bits per heavy atom. The highest BCUT2D eigenvalue weighted by Gasteiger charge is 2.36. The normalized spacial score (nSPS) is 31.9. The fourth-order valence-corrected chi connectivity index (χ4v) is 2.64. The van der Waals surface area contributed by atoms with Crippen molar-refractivity contribution in [3.63, 3.8) is 0 Å². The standard InChI is InChI=1S/C11H21NO2/c1-13-7-10-6-12-8-11(9-14-10)4-2-3-5-11/h10,12H,2-9H2,1H3. The average Bonchev–Trinajstić information content (AvgIpc) is 2.54. The summed E-state index contributed by atoms with van der Waals surface area (Å²) in [5.41, 5.74) is 0.447. The second kappa shape index (κ2) is 4.60. The van der Waals surface area contributed by atoms with Crippen molar-refractivity contribution in [2.45, 2.75) is 31.8 Å². The SMILES string of the molecule is COCC1CNCC2(CCCC2)CO1. The van der Waals surface area contributed by atoms with Crippen molar-refractivity contribution in [1.82, 2.24) is 5.32 Å². The molecule has 0 aromatic rings. The summed E-state index contributed by atoms with van der Waals surface area (Å²) in [5.74, 6) is 0. The third kappa shape index (κ3) is 2.27. The monoisotopic (exact) mass is 199 g/mol. The lowest BCUT2D eigenvalue weighted by molar-refractivity contribution is -0.0211. The lowest BCUT2D eigenvalue weighted by Crippen LogP contribution is -2.33. The Labute approximate surface area is 86.2 Å². The van der Waals surface area contributed by atoms with Gasteiger partial charge >= 0.3 is 0 Å². The molecule has 1 unspecified atom stereocenters. The van der Waals surface area contributed by atoms with Gasteiger partial charge in [-0.2, -0.15) is 0 Å². The molecule has 2 rings (SSSR count). The number of methoxy groups -OCH3 is 1. The van der Waals surface area contributed by atoms with Crippen LogP contribution in [0.25, 0.3) is 0 Å². The maximum absolute atomic E-state index is 5.89. The third-order valence-electron chi connectivity index (χ3n) is 3.51. The van der Waals surface area contributed by atoms with Gasteiger partial charge in [0.15, 0.2) is 0 Å². The van der Waals surface area contributed by atoms with Crippen LogP contribution in [0.5, 0.6) is 0 Å². The summed E-state index contributed by atoms with van der Waals surface area (Å²) < 4.78 is 11.0. The van der Waals surface area contributed by atoms with Gasteiger partial charge in [0.25, 0.3) is 0 Å². The van der Waals surface area contributed by atoms with Crippen LogP contribution in [0, 0.1) is 5.41 Å². The van der Waals surface area contributed by atoms with Gasteiger partial charge in [0.2, 0.25) is 0 Å². The van der Waals surface area contributed by atoms with Crippen LogP contribution >= 0.6 is 0 Å². The van der Waals surface area contributed by atoms with Crippen LogP contribution in [0.2, 0.25) is 0 Å². The Balaban J connectivity index is 1.87. The predicted molar refractivity (Wildman–Crippen MR) is 55.4 cm³/mol. The molecule has 2 fully saturated rings. The number of rotatable bonds is 2. The summed E-state index contributed by atoms with van der Waals surface area (Å²) in [6.45, 7) is 3.71. The maximum atomic E-state index is 5.89. The van der Waals surface area contributed by atoms with E-state index in [1.54, 1.807) is 7.11 Å². The molecule has 1 spiro atoms. The Hall–Kier alpha value is -0.120. The molecular formula is C11H21NO2. The van der Waals surface area contributed by atoms with E-state index < -0.39 is 0 Å². The van der Waals surface area contributed by atoms with Crippen LogP contribution in [0.3, 0.4) is 0 Å². The summed E-state index contributed by atoms with van der Waals surface area (Å²) in [6.07, 6.45) is 5.67. The van der Waals surface area contributed by atoms with Crippen molar-refractivity contribution in [1.29, 1.82) is 0 Å². The van der Waals surface area contributed by atoms with Crippen LogP contribution in [-0.2, 0) is 9.47 Å². The van der Waals surface area contributed by atoms with Gasteiger partial charge in [0.05, 0.1) is 19.3 Å². The van der Waals surface area contributed by atoms with Crippen molar-refractivity contribution < 1.29 is 9.47 Å². The van der Waals surface area contributed by atoms with Crippen molar-refractivity contribution in [2.24, 2.45) is 5.41 Å². The van der Waals surface area contributed by atoms with Gasteiger partial charge in [-0.25, -0.2) is 0 Å². The zero-order chi connectivity index (χ0) is 9.86. The first-order valence-electron chi connectivity index (χ1n) is 5.66. The molecule has 0 aromatic carbocycles. The van der Waals surface area contributed by atoms with Gasteiger partial charge in [-0.3, -0.25) is 0 Å². The van der Waals surface area contributed by atoms with Crippen LogP contribution < -0.4 is 5.32 Å². The van der Waals surface area contributed by atoms with Crippen molar-refractivity contribution in [2.75, 3.05) is 33.4 Å². The van der Waals surface area contributed by atoms with Crippen LogP contribution in [-0.4, -0.2) is 39.5 Å². The molecule has 1 N–H and O–H groups in total. The van der Waals surface area contributed by atoms with E-state index in [1.165, 1.54) is 25.7 Å². The number of hydrogen-bond donors (Lipinski definition) is 1. The van der Waals surface area contributed by atoms with Crippen LogP contribution in [0.15, 0.2) is 0 Å². The minimum absolute atomic E-state index is 0.250. The van der Waals surface area contributed by atoms with E-state index in [9.17, 15) is 0 Å². The van der Waals surface area contributed by atoms with Gasteiger partial charge in [0.1, 0.15) is 0 Å². The second-order valence-corrected chi connectivity index (χ2v) is 4.73. The summed E-state index contributed by atoms with van der Waals surface area (Å²) in [5, 5.41) is 3.51. The van der Waals surface area contributed by atoms with E-state index in [4.69, 9.17) is 9.47 Å². The summed E-state index contributed by atoms with van der Waals surface area (Å²) in [7, 11) is 1.74. The second-order valence-electron chi connectivity index (χ2n) is 4.73. The molecule has 14 heavy (non-hydrogen) atoms. The molecule has 0 bridgehead atoms. The van der Waals surface area contributed by atoms with Crippen molar-refractivity contribution in [3.8, 4) is 0 Å². The lowest BCUT2D eigenvalue weighted by atomic mass is 9.87. The van der Waals surface area contributed by atoms with Gasteiger partial charge in [-0.1, -0.05) is 12.8 Å². The fourth-order valence-electron chi connectivity index (χ4n) is 2.64. The summed E-state index contributed by atoms with van der Waals surface area (Å²) in [4.78, 5) is 0. The van der Waals surface area contributed by atoms with E-state index in [0.717, 1.165) is 19.7 Å². The smallest absolute Gasteiger partial charge is 0.0932 e. The minimum atomic E-state index is 0.250. The zero-order valence-electron chi connectivity index (χ0n) is 9.05. The van der Waals surface area contributed by atoms with Crippen LogP contribution in [0.1, 0.15) is 25.7 Å². The topological polar surface area (TPSA) is 30.5 Å². The minimum Gasteiger partial charge on any atom is -0.382 e. The third-order valence-corrected chi connectivity index (χ3v) is 3.51. The maximum Gasteiger partial charge on any atom is 0.0932 e. The van der Waals surface area contributed by atoms with E-state index in [1.807, 2.05) is 0 Å². The number of ether oxygens (including phenoxy) is 2. The van der Waals surface area contributed by atoms with E-state index >= 15 is 0 Å². The zero-order valence-corrected chi connectivity index (χ0v) is 9.05. The van der Waals surface area contributed by atoms with E-state index in [0.29, 0.717) is 12.0 Å². The van der Waals surface area contributed by atoms with Gasteiger partial charge < -0.3 is 14.8 Å². The highest BCUT2D eigenvalue weighted by molar-refractivity contribution is 4.89. The van der Waals surface area contributed by atoms with Crippen LogP contribution in [0.4, 0.5) is 0 Å². The molecule has 1 saturated carbocycles. The summed E-state index contributed by atoms with van der Waals surface area (Å²) >= 11 is 0. The number of nitrogens with one attached hydrogen (secondary N) is 1. The number of hydrogen-bond acceptors (Lipinski definition) is 3. The van der Waals surface area contributed by atoms with Gasteiger partial charge in [0, 0.05) is 25.6 Å². The Morgan fingerprint density at radius 2 is 2.21 bits per heavy atom. The van der Waals surface area contributed by atoms with Crippen molar-refractivity contribution in [3.05, 3.63) is 0 Å². The summed E-state index contributed by atoms with van der Waals surface area (Å²) in [6, 6.07) is 0. The molecule has 3 nitrogen and oxygen atoms in total. The first-order valence-corrected chi connectivity index (χ1v) is 5.66. The first kappa shape index (κ1) is 10.4. The van der Waals surface area contributed by atoms with E-state index in [2.05, 4.69) is 5.32 Å². The molecule has 2 aliphatic rings. The Bertz CT molecular complexity index is 178. The molecular weight excluding hydrogens is 178 g/mol. The molecule has 0 amide bonds. The first-order chi connectivity index (χ1) is 6.85. The largest absolute Gasteiger partial charge is 0.382 e. The highest BCUT2D eigenvalue weighted by Crippen LogP contribution is 2.38. The average molecular weight is 199 g/mol. The highest BCUT2D eigenvalue weighted by atomic mass is 16.5.